The summed E-state index contributed by atoms with van der Waals surface area (Å²) in [6, 6.07) is 15.5. The van der Waals surface area contributed by atoms with Gasteiger partial charge in [-0.2, -0.15) is 0 Å². The molecule has 0 radical (unpaired) electrons. The van der Waals surface area contributed by atoms with E-state index >= 15 is 0 Å². The van der Waals surface area contributed by atoms with Crippen LogP contribution in [0.25, 0.3) is 22.5 Å². The molecule has 1 amide bonds. The molecule has 0 unspecified atom stereocenters. The maximum absolute atomic E-state index is 12.9. The normalized spacial score (nSPS) is 11.1. The predicted molar refractivity (Wildman–Crippen MR) is 151 cm³/mol. The van der Waals surface area contributed by atoms with Gasteiger partial charge in [-0.15, -0.1) is 21.5 Å². The lowest BCUT2D eigenvalue weighted by Crippen LogP contribution is -2.16. The van der Waals surface area contributed by atoms with E-state index in [2.05, 4.69) is 53.6 Å². The Bertz CT molecular complexity index is 1400. The van der Waals surface area contributed by atoms with Crippen LogP contribution in [-0.4, -0.2) is 39.5 Å². The minimum absolute atomic E-state index is 0.110. The zero-order valence-electron chi connectivity index (χ0n) is 20.9. The maximum atomic E-state index is 12.9. The Balaban J connectivity index is 1.49. The van der Waals surface area contributed by atoms with Crippen molar-refractivity contribution in [3.8, 4) is 22.5 Å². The van der Waals surface area contributed by atoms with Crippen molar-refractivity contribution in [2.45, 2.75) is 38.4 Å². The summed E-state index contributed by atoms with van der Waals surface area (Å²) in [5, 5.41) is 15.1. The number of rotatable bonds is 9. The standard InChI is InChI=1S/C27H27ClN4O3S2/c1-5-32-24(19-8-6-17(7-9-19)16(2)3)30-31-27(32)37-15-22(33)29-25-23(26(34)35-4)21(14-36-25)18-10-12-20(28)13-11-18/h6-14,16H,5,15H2,1-4H3,(H,29,33). The molecule has 2 aromatic heterocycles. The van der Waals surface area contributed by atoms with Crippen LogP contribution in [0.5, 0.6) is 0 Å². The number of amides is 1. The van der Waals surface area contributed by atoms with Crippen molar-refractivity contribution in [1.82, 2.24) is 14.8 Å². The first-order chi connectivity index (χ1) is 17.8. The lowest BCUT2D eigenvalue weighted by molar-refractivity contribution is -0.113. The van der Waals surface area contributed by atoms with Crippen LogP contribution in [0.3, 0.4) is 0 Å². The largest absolute Gasteiger partial charge is 0.465 e. The lowest BCUT2D eigenvalue weighted by atomic mass is 10.0. The minimum atomic E-state index is -0.520. The number of benzene rings is 2. The van der Waals surface area contributed by atoms with Crippen molar-refractivity contribution in [3.63, 3.8) is 0 Å². The van der Waals surface area contributed by atoms with Gasteiger partial charge in [0, 0.05) is 28.1 Å². The Kier molecular flexibility index (Phi) is 8.68. The molecule has 0 aliphatic rings. The average molecular weight is 555 g/mol. The van der Waals surface area contributed by atoms with Gasteiger partial charge in [-0.3, -0.25) is 4.79 Å². The molecule has 2 heterocycles. The molecular weight excluding hydrogens is 528 g/mol. The molecule has 0 bridgehead atoms. The van der Waals surface area contributed by atoms with Crippen molar-refractivity contribution >= 4 is 51.6 Å². The van der Waals surface area contributed by atoms with Crippen molar-refractivity contribution in [3.05, 3.63) is 70.1 Å². The van der Waals surface area contributed by atoms with E-state index in [1.165, 1.54) is 35.8 Å². The van der Waals surface area contributed by atoms with Gasteiger partial charge in [-0.25, -0.2) is 4.79 Å². The van der Waals surface area contributed by atoms with Crippen LogP contribution in [-0.2, 0) is 16.1 Å². The highest BCUT2D eigenvalue weighted by atomic mass is 35.5. The van der Waals surface area contributed by atoms with Crippen LogP contribution in [0.4, 0.5) is 5.00 Å². The Morgan fingerprint density at radius 1 is 1.08 bits per heavy atom. The molecule has 0 fully saturated rings. The summed E-state index contributed by atoms with van der Waals surface area (Å²) in [4.78, 5) is 25.4. The van der Waals surface area contributed by atoms with E-state index in [-0.39, 0.29) is 11.7 Å². The molecule has 10 heteroatoms. The van der Waals surface area contributed by atoms with E-state index in [1.807, 2.05) is 29.0 Å². The predicted octanol–water partition coefficient (Wildman–Crippen LogP) is 6.99. The molecule has 2 aromatic carbocycles. The third-order valence-electron chi connectivity index (χ3n) is 5.79. The van der Waals surface area contributed by atoms with Gasteiger partial charge >= 0.3 is 5.97 Å². The zero-order valence-corrected chi connectivity index (χ0v) is 23.3. The molecule has 7 nitrogen and oxygen atoms in total. The third kappa shape index (κ3) is 6.06. The van der Waals surface area contributed by atoms with E-state index in [4.69, 9.17) is 16.3 Å². The van der Waals surface area contributed by atoms with Gasteiger partial charge in [-0.1, -0.05) is 73.6 Å². The molecule has 0 aliphatic heterocycles. The first-order valence-corrected chi connectivity index (χ1v) is 14.0. The number of esters is 1. The molecule has 0 saturated carbocycles. The molecule has 0 atom stereocenters. The highest BCUT2D eigenvalue weighted by Gasteiger charge is 2.23. The van der Waals surface area contributed by atoms with Gasteiger partial charge in [0.25, 0.3) is 0 Å². The van der Waals surface area contributed by atoms with Gasteiger partial charge in [0.15, 0.2) is 11.0 Å². The quantitative estimate of drug-likeness (QED) is 0.177. The molecule has 192 valence electrons. The number of thioether (sulfide) groups is 1. The summed E-state index contributed by atoms with van der Waals surface area (Å²) in [6.45, 7) is 7.00. The highest BCUT2D eigenvalue weighted by molar-refractivity contribution is 7.99. The molecule has 0 saturated heterocycles. The fourth-order valence-corrected chi connectivity index (χ4v) is 5.70. The van der Waals surface area contributed by atoms with Crippen molar-refractivity contribution < 1.29 is 14.3 Å². The Morgan fingerprint density at radius 3 is 2.38 bits per heavy atom. The molecule has 37 heavy (non-hydrogen) atoms. The number of anilines is 1. The Labute approximate surface area is 229 Å². The number of halogens is 1. The molecule has 4 rings (SSSR count). The molecular formula is C27H27ClN4O3S2. The summed E-state index contributed by atoms with van der Waals surface area (Å²) < 4.78 is 6.98. The number of aromatic nitrogens is 3. The van der Waals surface area contributed by atoms with E-state index < -0.39 is 5.97 Å². The van der Waals surface area contributed by atoms with E-state index in [0.717, 1.165) is 17.0 Å². The topological polar surface area (TPSA) is 86.1 Å². The molecule has 4 aromatic rings. The van der Waals surface area contributed by atoms with E-state index in [1.54, 1.807) is 12.1 Å². The van der Waals surface area contributed by atoms with Crippen LogP contribution in [0.2, 0.25) is 5.02 Å². The number of hydrogen-bond acceptors (Lipinski definition) is 7. The van der Waals surface area contributed by atoms with Gasteiger partial charge in [0.2, 0.25) is 5.91 Å². The Morgan fingerprint density at radius 2 is 1.76 bits per heavy atom. The monoisotopic (exact) mass is 554 g/mol. The number of nitrogens with one attached hydrogen (secondary N) is 1. The van der Waals surface area contributed by atoms with Crippen molar-refractivity contribution in [1.29, 1.82) is 0 Å². The number of carbonyl (C=O) groups excluding carboxylic acids is 2. The average Bonchev–Trinajstić information content (AvgIpc) is 3.51. The van der Waals surface area contributed by atoms with E-state index in [0.29, 0.717) is 38.8 Å². The fourth-order valence-electron chi connectivity index (χ4n) is 3.80. The molecule has 1 N–H and O–H groups in total. The number of thiophene rings is 1. The van der Waals surface area contributed by atoms with Gasteiger partial charge in [0.1, 0.15) is 10.6 Å². The summed E-state index contributed by atoms with van der Waals surface area (Å²) in [7, 11) is 1.32. The second-order valence-corrected chi connectivity index (χ2v) is 10.8. The van der Waals surface area contributed by atoms with Crippen LogP contribution in [0.15, 0.2) is 59.1 Å². The lowest BCUT2D eigenvalue weighted by Gasteiger charge is -2.10. The van der Waals surface area contributed by atoms with E-state index in [9.17, 15) is 9.59 Å². The van der Waals surface area contributed by atoms with Crippen LogP contribution in [0, 0.1) is 0 Å². The number of ether oxygens (including phenoxy) is 1. The first-order valence-electron chi connectivity index (χ1n) is 11.7. The molecule has 0 aliphatic carbocycles. The SMILES string of the molecule is CCn1c(SCC(=O)Nc2scc(-c3ccc(Cl)cc3)c2C(=O)OC)nnc1-c1ccc(C(C)C)cc1. The highest BCUT2D eigenvalue weighted by Crippen LogP contribution is 2.37. The number of carbonyl (C=O) groups is 2. The van der Waals surface area contributed by atoms with Crippen LogP contribution in [0.1, 0.15) is 42.6 Å². The third-order valence-corrected chi connectivity index (χ3v) is 7.90. The smallest absolute Gasteiger partial charge is 0.341 e. The van der Waals surface area contributed by atoms with Gasteiger partial charge < -0.3 is 14.6 Å². The van der Waals surface area contributed by atoms with Crippen LogP contribution >= 0.6 is 34.7 Å². The molecule has 0 spiro atoms. The van der Waals surface area contributed by atoms with Crippen molar-refractivity contribution in [2.24, 2.45) is 0 Å². The maximum Gasteiger partial charge on any atom is 0.341 e. The number of nitrogens with zero attached hydrogens (tertiary/aromatic N) is 3. The van der Waals surface area contributed by atoms with Crippen molar-refractivity contribution in [2.75, 3.05) is 18.2 Å². The second-order valence-electron chi connectivity index (χ2n) is 8.52. The van der Waals surface area contributed by atoms with Crippen LogP contribution < -0.4 is 5.32 Å². The van der Waals surface area contributed by atoms with Gasteiger partial charge in [-0.05, 0) is 36.1 Å². The zero-order chi connectivity index (χ0) is 26.5. The number of methoxy groups -OCH3 is 1. The summed E-state index contributed by atoms with van der Waals surface area (Å²) >= 11 is 8.57. The van der Waals surface area contributed by atoms with Gasteiger partial charge in [0.05, 0.1) is 12.9 Å². The first kappa shape index (κ1) is 26.9. The summed E-state index contributed by atoms with van der Waals surface area (Å²) in [6.07, 6.45) is 0. The fraction of sp³-hybridized carbons (Fsp3) is 0.259. The minimum Gasteiger partial charge on any atom is -0.465 e. The summed E-state index contributed by atoms with van der Waals surface area (Å²) in [5.74, 6) is 0.549. The summed E-state index contributed by atoms with van der Waals surface area (Å²) in [5.41, 5.74) is 4.04. The number of hydrogen-bond donors (Lipinski definition) is 1. The second kappa shape index (κ2) is 11.9. The Hall–Kier alpha value is -3.14.